The van der Waals surface area contributed by atoms with E-state index < -0.39 is 5.82 Å². The van der Waals surface area contributed by atoms with E-state index >= 15 is 4.39 Å². The minimum absolute atomic E-state index is 0.00676. The average Bonchev–Trinajstić information content (AvgIpc) is 3.31. The molecule has 194 valence electrons. The van der Waals surface area contributed by atoms with Gasteiger partial charge in [-0.1, -0.05) is 17.7 Å². The SMILES string of the molecule is O=C1CC2(CC2)Cc2ccc(Cl)c(F)c2-c2cc(=O)n3c(c21)CC[C@@H]3c1ncc(-c2ccn3ccnc3c2)[nH]1. The zero-order chi connectivity index (χ0) is 26.5. The molecule has 7 nitrogen and oxygen atoms in total. The molecule has 1 atom stereocenters. The van der Waals surface area contributed by atoms with E-state index in [1.807, 2.05) is 35.0 Å². The van der Waals surface area contributed by atoms with Crippen molar-refractivity contribution >= 4 is 23.0 Å². The summed E-state index contributed by atoms with van der Waals surface area (Å²) in [6.45, 7) is 0. The van der Waals surface area contributed by atoms with Gasteiger partial charge in [-0.2, -0.15) is 0 Å². The van der Waals surface area contributed by atoms with Crippen LogP contribution in [-0.4, -0.2) is 29.7 Å². The van der Waals surface area contributed by atoms with Crippen molar-refractivity contribution in [1.82, 2.24) is 23.9 Å². The van der Waals surface area contributed by atoms with E-state index in [9.17, 15) is 9.59 Å². The lowest BCUT2D eigenvalue weighted by Crippen LogP contribution is -2.28. The summed E-state index contributed by atoms with van der Waals surface area (Å²) >= 11 is 6.21. The average molecular weight is 540 g/mol. The molecule has 1 aromatic carbocycles. The molecule has 0 radical (unpaired) electrons. The molecule has 3 aliphatic rings. The van der Waals surface area contributed by atoms with Gasteiger partial charge in [0.05, 0.1) is 23.0 Å². The Kier molecular flexibility index (Phi) is 4.69. The first-order valence-electron chi connectivity index (χ1n) is 13.2. The Balaban J connectivity index is 1.27. The summed E-state index contributed by atoms with van der Waals surface area (Å²) in [5.41, 5.74) is 4.77. The summed E-state index contributed by atoms with van der Waals surface area (Å²) in [7, 11) is 0. The lowest BCUT2D eigenvalue weighted by molar-refractivity contribution is 0.0953. The highest BCUT2D eigenvalue weighted by Gasteiger charge is 2.47. The van der Waals surface area contributed by atoms with Gasteiger partial charge in [-0.3, -0.25) is 9.59 Å². The first kappa shape index (κ1) is 22.9. The molecule has 1 saturated carbocycles. The second kappa shape index (κ2) is 7.99. The van der Waals surface area contributed by atoms with Crippen LogP contribution in [0.1, 0.15) is 59.2 Å². The van der Waals surface area contributed by atoms with Gasteiger partial charge >= 0.3 is 0 Å². The molecule has 0 unspecified atom stereocenters. The number of hydrogen-bond acceptors (Lipinski definition) is 4. The predicted molar refractivity (Wildman–Crippen MR) is 145 cm³/mol. The van der Waals surface area contributed by atoms with Gasteiger partial charge in [-0.05, 0) is 61.3 Å². The standard InChI is InChI=1S/C30H23ClFN5O2/c31-19-2-1-17-13-30(6-7-30)14-23(38)27-18(26(17)28(19)32)12-25(39)37-21(27)3-4-22(37)29-34-15-20(35-29)16-5-9-36-10-8-33-24(36)11-16/h1-2,5,8-12,15,22H,3-4,6-7,13-14H2,(H,34,35)/t22-/m1/s1. The lowest BCUT2D eigenvalue weighted by atomic mass is 9.80. The fourth-order valence-corrected chi connectivity index (χ4v) is 6.77. The Labute approximate surface area is 227 Å². The van der Waals surface area contributed by atoms with Gasteiger partial charge in [0, 0.05) is 59.0 Å². The molecule has 8 rings (SSSR count). The summed E-state index contributed by atoms with van der Waals surface area (Å²) in [4.78, 5) is 39.8. The number of pyridine rings is 2. The van der Waals surface area contributed by atoms with Crippen LogP contribution < -0.4 is 5.56 Å². The van der Waals surface area contributed by atoms with E-state index in [1.54, 1.807) is 23.0 Å². The Morgan fingerprint density at radius 2 is 1.92 bits per heavy atom. The van der Waals surface area contributed by atoms with Gasteiger partial charge in [0.15, 0.2) is 5.78 Å². The van der Waals surface area contributed by atoms with Gasteiger partial charge < -0.3 is 14.0 Å². The van der Waals surface area contributed by atoms with Crippen molar-refractivity contribution < 1.29 is 9.18 Å². The molecular weight excluding hydrogens is 517 g/mol. The lowest BCUT2D eigenvalue weighted by Gasteiger charge is -2.25. The number of carbonyl (C=O) groups excluding carboxylic acids is 1. The second-order valence-electron chi connectivity index (χ2n) is 11.1. The van der Waals surface area contributed by atoms with E-state index in [4.69, 9.17) is 11.6 Å². The summed E-state index contributed by atoms with van der Waals surface area (Å²) in [5.74, 6) is 0.0654. The largest absolute Gasteiger partial charge is 0.340 e. The zero-order valence-electron chi connectivity index (χ0n) is 20.9. The molecule has 4 aromatic heterocycles. The molecule has 39 heavy (non-hydrogen) atoms. The van der Waals surface area contributed by atoms with Crippen molar-refractivity contribution in [3.63, 3.8) is 0 Å². The number of carbonyl (C=O) groups is 1. The number of nitrogens with one attached hydrogen (secondary N) is 1. The number of nitrogens with zero attached hydrogens (tertiary/aromatic N) is 4. The molecule has 0 saturated heterocycles. The van der Waals surface area contributed by atoms with Crippen LogP contribution in [0.3, 0.4) is 0 Å². The van der Waals surface area contributed by atoms with E-state index in [2.05, 4.69) is 15.0 Å². The molecule has 0 amide bonds. The van der Waals surface area contributed by atoms with E-state index in [-0.39, 0.29) is 27.8 Å². The number of hydrogen-bond donors (Lipinski definition) is 1. The number of aromatic nitrogens is 5. The van der Waals surface area contributed by atoms with Gasteiger partial charge in [-0.15, -0.1) is 0 Å². The van der Waals surface area contributed by atoms with Gasteiger partial charge in [-0.25, -0.2) is 14.4 Å². The highest BCUT2D eigenvalue weighted by Crippen LogP contribution is 2.55. The fourth-order valence-electron chi connectivity index (χ4n) is 6.62. The van der Waals surface area contributed by atoms with Crippen molar-refractivity contribution in [3.05, 3.63) is 99.0 Å². The highest BCUT2D eigenvalue weighted by atomic mass is 35.5. The number of H-pyrrole nitrogens is 1. The maximum atomic E-state index is 15.6. The van der Waals surface area contributed by atoms with Crippen molar-refractivity contribution in [3.8, 4) is 22.4 Å². The topological polar surface area (TPSA) is 85.1 Å². The van der Waals surface area contributed by atoms with Crippen molar-refractivity contribution in [1.29, 1.82) is 0 Å². The number of Topliss-reactive ketones (excluding diaryl/α,β-unsaturated/α-hetero) is 1. The first-order valence-corrected chi connectivity index (χ1v) is 13.6. The number of ketones is 1. The fraction of sp³-hybridized carbons (Fsp3) is 0.267. The third-order valence-electron chi connectivity index (χ3n) is 8.73. The number of benzene rings is 1. The summed E-state index contributed by atoms with van der Waals surface area (Å²) in [6, 6.07) is 8.45. The molecule has 1 aliphatic heterocycles. The quantitative estimate of drug-likeness (QED) is 0.308. The van der Waals surface area contributed by atoms with Crippen molar-refractivity contribution in [2.45, 2.75) is 44.6 Å². The number of halogens is 2. The number of imidazole rings is 2. The number of aromatic amines is 1. The van der Waals surface area contributed by atoms with Gasteiger partial charge in [0.1, 0.15) is 17.3 Å². The van der Waals surface area contributed by atoms with E-state index in [1.165, 1.54) is 6.07 Å². The van der Waals surface area contributed by atoms with Crippen LogP contribution in [0.15, 0.2) is 59.9 Å². The maximum absolute atomic E-state index is 15.6. The Bertz CT molecular complexity index is 1910. The molecular formula is C30H23ClFN5O2. The summed E-state index contributed by atoms with van der Waals surface area (Å²) in [6.07, 6.45) is 11.4. The van der Waals surface area contributed by atoms with Crippen LogP contribution in [0.2, 0.25) is 5.02 Å². The minimum Gasteiger partial charge on any atom is -0.340 e. The molecule has 2 aliphatic carbocycles. The van der Waals surface area contributed by atoms with Gasteiger partial charge in [0.25, 0.3) is 5.56 Å². The monoisotopic (exact) mass is 539 g/mol. The van der Waals surface area contributed by atoms with Crippen LogP contribution in [0.5, 0.6) is 0 Å². The van der Waals surface area contributed by atoms with E-state index in [0.717, 1.165) is 35.3 Å². The molecule has 9 heteroatoms. The van der Waals surface area contributed by atoms with Crippen LogP contribution >= 0.6 is 11.6 Å². The Hall–Kier alpha value is -4.04. The van der Waals surface area contributed by atoms with Crippen LogP contribution in [-0.2, 0) is 12.8 Å². The number of fused-ring (bicyclic) bond motifs is 6. The normalized spacial score (nSPS) is 19.0. The third-order valence-corrected chi connectivity index (χ3v) is 9.02. The third kappa shape index (κ3) is 3.40. The molecule has 1 spiro atoms. The van der Waals surface area contributed by atoms with E-state index in [0.29, 0.717) is 53.9 Å². The van der Waals surface area contributed by atoms with Crippen LogP contribution in [0.25, 0.3) is 28.0 Å². The van der Waals surface area contributed by atoms with Crippen molar-refractivity contribution in [2.24, 2.45) is 5.41 Å². The smallest absolute Gasteiger partial charge is 0.252 e. The van der Waals surface area contributed by atoms with Crippen LogP contribution in [0.4, 0.5) is 4.39 Å². The zero-order valence-corrected chi connectivity index (χ0v) is 21.6. The minimum atomic E-state index is -0.565. The van der Waals surface area contributed by atoms with Crippen LogP contribution in [0, 0.1) is 11.2 Å². The Morgan fingerprint density at radius 1 is 1.05 bits per heavy atom. The maximum Gasteiger partial charge on any atom is 0.252 e. The molecule has 1 fully saturated rings. The second-order valence-corrected chi connectivity index (χ2v) is 11.5. The van der Waals surface area contributed by atoms with Crippen molar-refractivity contribution in [2.75, 3.05) is 0 Å². The van der Waals surface area contributed by atoms with Gasteiger partial charge in [0.2, 0.25) is 0 Å². The predicted octanol–water partition coefficient (Wildman–Crippen LogP) is 5.79. The molecule has 1 N–H and O–H groups in total. The molecule has 0 bridgehead atoms. The summed E-state index contributed by atoms with van der Waals surface area (Å²) < 4.78 is 19.2. The first-order chi connectivity index (χ1) is 18.9. The molecule has 5 aromatic rings. The Morgan fingerprint density at radius 3 is 2.77 bits per heavy atom. The molecule has 5 heterocycles. The number of rotatable bonds is 2. The highest BCUT2D eigenvalue weighted by molar-refractivity contribution is 6.31. The summed E-state index contributed by atoms with van der Waals surface area (Å²) in [5, 5.41) is -0.00676.